The highest BCUT2D eigenvalue weighted by Crippen LogP contribution is 2.44. The third-order valence-corrected chi connectivity index (χ3v) is 9.29. The quantitative estimate of drug-likeness (QED) is 0.374. The average Bonchev–Trinajstić information content (AvgIpc) is 3.19. The van der Waals surface area contributed by atoms with Crippen LogP contribution in [0.5, 0.6) is 5.75 Å². The molecule has 1 N–H and O–H groups in total. The minimum Gasteiger partial charge on any atom is -0.493 e. The van der Waals surface area contributed by atoms with Crippen LogP contribution in [0.1, 0.15) is 77.6 Å². The standard InChI is InChI=1S/C34H42N4O/c1-6-23-10-13-35-30-9-12-34(4,5)19-29(30)28(23)17-24-11-14-39-32-8-7-25(16-26(32)15-21(24)2)27-18-31-33(36-20-27)38-22(3)37-31/h7-8,10,13,16,18,20-21,23-24H,6,9,11-12,14-15,17,19H2,1-5H3,(H,36,37,38). The number of aliphatic imine (C=N–C) groups is 1. The predicted octanol–water partition coefficient (Wildman–Crippen LogP) is 8.40. The van der Waals surface area contributed by atoms with Crippen LogP contribution in [0.4, 0.5) is 0 Å². The number of nitrogens with zero attached hydrogens (tertiary/aromatic N) is 3. The zero-order valence-corrected chi connectivity index (χ0v) is 24.2. The molecule has 5 nitrogen and oxygen atoms in total. The number of ether oxygens (including phenoxy) is 1. The molecule has 2 aliphatic heterocycles. The number of allylic oxidation sites excluding steroid dienone is 3. The van der Waals surface area contributed by atoms with Crippen LogP contribution in [0, 0.1) is 30.1 Å². The summed E-state index contributed by atoms with van der Waals surface area (Å²) in [5.74, 6) is 3.56. The van der Waals surface area contributed by atoms with Crippen LogP contribution in [-0.2, 0) is 6.42 Å². The summed E-state index contributed by atoms with van der Waals surface area (Å²) < 4.78 is 6.39. The van der Waals surface area contributed by atoms with E-state index in [9.17, 15) is 0 Å². The first kappa shape index (κ1) is 26.0. The number of pyridine rings is 1. The molecule has 0 amide bonds. The number of nitrogens with one attached hydrogen (secondary N) is 1. The lowest BCUT2D eigenvalue weighted by Crippen LogP contribution is -2.27. The molecule has 204 valence electrons. The lowest BCUT2D eigenvalue weighted by Gasteiger charge is -2.36. The van der Waals surface area contributed by atoms with Crippen molar-refractivity contribution in [2.45, 2.75) is 79.6 Å². The second-order valence-corrected chi connectivity index (χ2v) is 12.8. The van der Waals surface area contributed by atoms with Gasteiger partial charge < -0.3 is 9.72 Å². The van der Waals surface area contributed by atoms with Gasteiger partial charge in [0.25, 0.3) is 0 Å². The zero-order valence-electron chi connectivity index (χ0n) is 24.2. The summed E-state index contributed by atoms with van der Waals surface area (Å²) in [5, 5.41) is 0. The molecule has 0 spiro atoms. The highest BCUT2D eigenvalue weighted by Gasteiger charge is 2.34. The molecule has 3 atom stereocenters. The Kier molecular flexibility index (Phi) is 6.95. The minimum absolute atomic E-state index is 0.347. The molecule has 3 aliphatic rings. The fourth-order valence-electron chi connectivity index (χ4n) is 6.89. The van der Waals surface area contributed by atoms with E-state index in [1.165, 1.54) is 23.3 Å². The molecular formula is C34H42N4O. The van der Waals surface area contributed by atoms with Crippen molar-refractivity contribution in [3.05, 3.63) is 65.3 Å². The molecule has 4 heterocycles. The number of aromatic nitrogens is 3. The van der Waals surface area contributed by atoms with Crippen LogP contribution in [0.15, 0.2) is 58.9 Å². The van der Waals surface area contributed by atoms with E-state index in [2.05, 4.69) is 79.2 Å². The Morgan fingerprint density at radius 3 is 2.87 bits per heavy atom. The molecular weight excluding hydrogens is 480 g/mol. The van der Waals surface area contributed by atoms with Gasteiger partial charge in [-0.1, -0.05) is 45.4 Å². The normalized spacial score (nSPS) is 24.7. The molecule has 6 rings (SSSR count). The zero-order chi connectivity index (χ0) is 27.1. The van der Waals surface area contributed by atoms with Gasteiger partial charge in [-0.2, -0.15) is 0 Å². The fourth-order valence-corrected chi connectivity index (χ4v) is 6.89. The number of hydrogen-bond acceptors (Lipinski definition) is 4. The summed E-state index contributed by atoms with van der Waals surface area (Å²) in [4.78, 5) is 17.3. The van der Waals surface area contributed by atoms with E-state index in [1.54, 1.807) is 11.1 Å². The van der Waals surface area contributed by atoms with Crippen molar-refractivity contribution in [3.63, 3.8) is 0 Å². The molecule has 39 heavy (non-hydrogen) atoms. The van der Waals surface area contributed by atoms with Gasteiger partial charge in [-0.05, 0) is 110 Å². The smallest absolute Gasteiger partial charge is 0.177 e. The fraction of sp³-hybridized carbons (Fsp3) is 0.500. The number of rotatable bonds is 4. The summed E-state index contributed by atoms with van der Waals surface area (Å²) in [6.07, 6.45) is 14.3. The summed E-state index contributed by atoms with van der Waals surface area (Å²) >= 11 is 0. The number of aryl methyl sites for hydroxylation is 1. The highest BCUT2D eigenvalue weighted by atomic mass is 16.5. The van der Waals surface area contributed by atoms with Crippen molar-refractivity contribution in [1.82, 2.24) is 15.0 Å². The maximum Gasteiger partial charge on any atom is 0.177 e. The Morgan fingerprint density at radius 1 is 1.15 bits per heavy atom. The molecule has 1 aliphatic carbocycles. The second-order valence-electron chi connectivity index (χ2n) is 12.8. The first-order valence-electron chi connectivity index (χ1n) is 14.8. The van der Waals surface area contributed by atoms with E-state index < -0.39 is 0 Å². The van der Waals surface area contributed by atoms with Gasteiger partial charge in [0.15, 0.2) is 5.65 Å². The number of H-pyrrole nitrogens is 1. The molecule has 1 aromatic carbocycles. The van der Waals surface area contributed by atoms with Crippen LogP contribution >= 0.6 is 0 Å². The van der Waals surface area contributed by atoms with Gasteiger partial charge in [-0.15, -0.1) is 0 Å². The highest BCUT2D eigenvalue weighted by molar-refractivity contribution is 6.02. The second kappa shape index (κ2) is 10.4. The number of hydrogen-bond donors (Lipinski definition) is 1. The summed E-state index contributed by atoms with van der Waals surface area (Å²) in [6.45, 7) is 12.4. The maximum atomic E-state index is 6.39. The Bertz CT molecular complexity index is 1470. The van der Waals surface area contributed by atoms with Gasteiger partial charge in [-0.25, -0.2) is 9.97 Å². The van der Waals surface area contributed by atoms with Gasteiger partial charge in [0.1, 0.15) is 11.6 Å². The molecule has 1 saturated carbocycles. The molecule has 0 bridgehead atoms. The predicted molar refractivity (Wildman–Crippen MR) is 160 cm³/mol. The number of imidazole rings is 1. The number of fused-ring (bicyclic) bond motifs is 3. The van der Waals surface area contributed by atoms with Crippen molar-refractivity contribution in [3.8, 4) is 16.9 Å². The maximum absolute atomic E-state index is 6.39. The molecule has 3 aromatic rings. The van der Waals surface area contributed by atoms with E-state index >= 15 is 0 Å². The summed E-state index contributed by atoms with van der Waals surface area (Å²) in [6, 6.07) is 8.79. The van der Waals surface area contributed by atoms with Gasteiger partial charge in [0.05, 0.1) is 12.1 Å². The lowest BCUT2D eigenvalue weighted by atomic mass is 9.69. The average molecular weight is 523 g/mol. The van der Waals surface area contributed by atoms with E-state index in [4.69, 9.17) is 9.73 Å². The topological polar surface area (TPSA) is 63.2 Å². The van der Waals surface area contributed by atoms with Crippen LogP contribution < -0.4 is 4.74 Å². The van der Waals surface area contributed by atoms with E-state index in [0.717, 1.165) is 73.4 Å². The number of benzene rings is 1. The van der Waals surface area contributed by atoms with Crippen molar-refractivity contribution >= 4 is 16.9 Å². The van der Waals surface area contributed by atoms with Crippen LogP contribution in [0.3, 0.4) is 0 Å². The number of aromatic amines is 1. The van der Waals surface area contributed by atoms with Crippen molar-refractivity contribution < 1.29 is 4.74 Å². The minimum atomic E-state index is 0.347. The first-order chi connectivity index (χ1) is 18.8. The molecule has 1 fully saturated rings. The van der Waals surface area contributed by atoms with E-state index in [1.807, 2.05) is 13.1 Å². The molecule has 0 radical (unpaired) electrons. The van der Waals surface area contributed by atoms with Crippen LogP contribution in [-0.4, -0.2) is 27.3 Å². The van der Waals surface area contributed by atoms with E-state index in [-0.39, 0.29) is 0 Å². The molecule has 5 heteroatoms. The largest absolute Gasteiger partial charge is 0.493 e. The van der Waals surface area contributed by atoms with Gasteiger partial charge in [-0.3, -0.25) is 4.99 Å². The summed E-state index contributed by atoms with van der Waals surface area (Å²) in [7, 11) is 0. The monoisotopic (exact) mass is 522 g/mol. The molecule has 0 saturated heterocycles. The van der Waals surface area contributed by atoms with Gasteiger partial charge >= 0.3 is 0 Å². The van der Waals surface area contributed by atoms with Crippen LogP contribution in [0.25, 0.3) is 22.3 Å². The Balaban J connectivity index is 1.28. The van der Waals surface area contributed by atoms with Gasteiger partial charge in [0.2, 0.25) is 0 Å². The Morgan fingerprint density at radius 2 is 2.03 bits per heavy atom. The van der Waals surface area contributed by atoms with E-state index in [0.29, 0.717) is 23.2 Å². The Labute approximate surface area is 232 Å². The van der Waals surface area contributed by atoms with Crippen molar-refractivity contribution in [2.24, 2.45) is 28.2 Å². The van der Waals surface area contributed by atoms with Crippen molar-refractivity contribution in [2.75, 3.05) is 6.61 Å². The lowest BCUT2D eigenvalue weighted by molar-refractivity contribution is 0.219. The third-order valence-electron chi connectivity index (χ3n) is 9.29. The third kappa shape index (κ3) is 5.33. The molecule has 3 unspecified atom stereocenters. The Hall–Kier alpha value is -3.21. The van der Waals surface area contributed by atoms with Gasteiger partial charge in [0, 0.05) is 23.7 Å². The molecule has 2 aromatic heterocycles. The SMILES string of the molecule is CCC1C=CN=C2CCC(C)(C)CC2=C1CC1CCOc2ccc(-c3cnc4nc(C)[nH]c4c3)cc2CC1C. The van der Waals surface area contributed by atoms with Crippen molar-refractivity contribution in [1.29, 1.82) is 0 Å². The first-order valence-corrected chi connectivity index (χ1v) is 14.8. The van der Waals surface area contributed by atoms with Crippen LogP contribution in [0.2, 0.25) is 0 Å². The summed E-state index contributed by atoms with van der Waals surface area (Å²) in [5.41, 5.74) is 10.2.